The van der Waals surface area contributed by atoms with Gasteiger partial charge in [-0.25, -0.2) is 0 Å². The first-order chi connectivity index (χ1) is 7.90. The van der Waals surface area contributed by atoms with Crippen molar-refractivity contribution in [3.63, 3.8) is 0 Å². The van der Waals surface area contributed by atoms with Crippen LogP contribution >= 0.6 is 0 Å². The first-order valence-electron chi connectivity index (χ1n) is 6.96. The van der Waals surface area contributed by atoms with E-state index in [1.165, 1.54) is 38.6 Å². The van der Waals surface area contributed by atoms with Crippen LogP contribution in [0.25, 0.3) is 0 Å². The third kappa shape index (κ3) is 3.44. The van der Waals surface area contributed by atoms with E-state index >= 15 is 0 Å². The van der Waals surface area contributed by atoms with Gasteiger partial charge in [-0.3, -0.25) is 4.90 Å². The van der Waals surface area contributed by atoms with Crippen LogP contribution < -0.4 is 5.32 Å². The van der Waals surface area contributed by atoms with Crippen molar-refractivity contribution >= 4 is 0 Å². The van der Waals surface area contributed by atoms with Gasteiger partial charge in [-0.1, -0.05) is 6.92 Å². The molecule has 2 aliphatic rings. The minimum atomic E-state index is 0.510. The van der Waals surface area contributed by atoms with Gasteiger partial charge in [0, 0.05) is 25.7 Å². The molecule has 0 bridgehead atoms. The fourth-order valence-corrected chi connectivity index (χ4v) is 2.89. The zero-order chi connectivity index (χ0) is 11.2. The average Bonchev–Trinajstić information content (AvgIpc) is 2.75. The molecule has 0 radical (unpaired) electrons. The number of rotatable bonds is 5. The van der Waals surface area contributed by atoms with E-state index in [1.807, 2.05) is 0 Å². The van der Waals surface area contributed by atoms with E-state index in [2.05, 4.69) is 17.1 Å². The molecule has 0 aromatic heterocycles. The second kappa shape index (κ2) is 6.58. The Morgan fingerprint density at radius 2 is 2.19 bits per heavy atom. The molecule has 2 saturated heterocycles. The van der Waals surface area contributed by atoms with Gasteiger partial charge in [-0.2, -0.15) is 0 Å². The quantitative estimate of drug-likeness (QED) is 0.771. The summed E-state index contributed by atoms with van der Waals surface area (Å²) >= 11 is 0. The number of hydrogen-bond acceptors (Lipinski definition) is 3. The maximum atomic E-state index is 5.83. The number of likely N-dealkylation sites (N-methyl/N-ethyl adjacent to an activating group) is 1. The molecule has 3 heteroatoms. The molecule has 2 fully saturated rings. The van der Waals surface area contributed by atoms with Crippen LogP contribution in [0, 0.1) is 0 Å². The van der Waals surface area contributed by atoms with Crippen LogP contribution in [0.1, 0.15) is 39.0 Å². The smallest absolute Gasteiger partial charge is 0.0702 e. The Labute approximate surface area is 99.5 Å². The van der Waals surface area contributed by atoms with Gasteiger partial charge >= 0.3 is 0 Å². The molecular weight excluding hydrogens is 200 g/mol. The van der Waals surface area contributed by atoms with Gasteiger partial charge in [0.25, 0.3) is 0 Å². The highest BCUT2D eigenvalue weighted by Gasteiger charge is 2.27. The Hall–Kier alpha value is -0.120. The van der Waals surface area contributed by atoms with Crippen molar-refractivity contribution in [1.29, 1.82) is 0 Å². The second-order valence-corrected chi connectivity index (χ2v) is 5.09. The molecule has 0 aromatic carbocycles. The molecule has 3 nitrogen and oxygen atoms in total. The maximum Gasteiger partial charge on any atom is 0.0702 e. The Bertz CT molecular complexity index is 192. The Balaban J connectivity index is 1.73. The van der Waals surface area contributed by atoms with Crippen LogP contribution in [-0.4, -0.2) is 49.8 Å². The van der Waals surface area contributed by atoms with Crippen molar-refractivity contribution < 1.29 is 4.74 Å². The fraction of sp³-hybridized carbons (Fsp3) is 1.00. The number of likely N-dealkylation sites (tertiary alicyclic amines) is 1. The molecule has 0 aliphatic carbocycles. The lowest BCUT2D eigenvalue weighted by atomic mass is 10.1. The van der Waals surface area contributed by atoms with Gasteiger partial charge in [-0.15, -0.1) is 0 Å². The summed E-state index contributed by atoms with van der Waals surface area (Å²) in [4.78, 5) is 2.64. The lowest BCUT2D eigenvalue weighted by molar-refractivity contribution is -0.00776. The third-order valence-electron chi connectivity index (χ3n) is 3.84. The first-order valence-corrected chi connectivity index (χ1v) is 6.96. The normalized spacial score (nSPS) is 32.1. The predicted molar refractivity (Wildman–Crippen MR) is 66.7 cm³/mol. The lowest BCUT2D eigenvalue weighted by Gasteiger charge is -2.31. The van der Waals surface area contributed by atoms with E-state index in [4.69, 9.17) is 4.74 Å². The zero-order valence-corrected chi connectivity index (χ0v) is 10.6. The SMILES string of the molecule is CCNCC1CCCN1CC1CCCCO1. The van der Waals surface area contributed by atoms with Crippen LogP contribution in [0.4, 0.5) is 0 Å². The molecule has 16 heavy (non-hydrogen) atoms. The molecule has 2 heterocycles. The van der Waals surface area contributed by atoms with Crippen molar-refractivity contribution in [3.8, 4) is 0 Å². The minimum Gasteiger partial charge on any atom is -0.377 e. The van der Waals surface area contributed by atoms with Gasteiger partial charge in [0.15, 0.2) is 0 Å². The van der Waals surface area contributed by atoms with Crippen molar-refractivity contribution in [1.82, 2.24) is 10.2 Å². The number of nitrogens with one attached hydrogen (secondary N) is 1. The molecule has 94 valence electrons. The van der Waals surface area contributed by atoms with Crippen LogP contribution in [0.5, 0.6) is 0 Å². The van der Waals surface area contributed by atoms with Gasteiger partial charge in [0.1, 0.15) is 0 Å². The molecule has 0 spiro atoms. The van der Waals surface area contributed by atoms with E-state index in [9.17, 15) is 0 Å². The van der Waals surface area contributed by atoms with E-state index in [-0.39, 0.29) is 0 Å². The van der Waals surface area contributed by atoms with E-state index in [0.717, 1.165) is 32.3 Å². The molecule has 2 atom stereocenters. The standard InChI is InChI=1S/C13H26N2O/c1-2-14-10-12-6-5-8-15(12)11-13-7-3-4-9-16-13/h12-14H,2-11H2,1H3. The summed E-state index contributed by atoms with van der Waals surface area (Å²) in [5.41, 5.74) is 0. The summed E-state index contributed by atoms with van der Waals surface area (Å²) < 4.78 is 5.83. The summed E-state index contributed by atoms with van der Waals surface area (Å²) in [6.07, 6.45) is 7.12. The Morgan fingerprint density at radius 1 is 1.25 bits per heavy atom. The van der Waals surface area contributed by atoms with Crippen LogP contribution in [0.2, 0.25) is 0 Å². The summed E-state index contributed by atoms with van der Waals surface area (Å²) in [5, 5.41) is 3.47. The number of hydrogen-bond donors (Lipinski definition) is 1. The van der Waals surface area contributed by atoms with Crippen LogP contribution in [0.15, 0.2) is 0 Å². The third-order valence-corrected chi connectivity index (χ3v) is 3.84. The average molecular weight is 226 g/mol. The topological polar surface area (TPSA) is 24.5 Å². The fourth-order valence-electron chi connectivity index (χ4n) is 2.89. The molecule has 1 N–H and O–H groups in total. The van der Waals surface area contributed by atoms with Gasteiger partial charge in [0.2, 0.25) is 0 Å². The second-order valence-electron chi connectivity index (χ2n) is 5.09. The van der Waals surface area contributed by atoms with Crippen molar-refractivity contribution in [2.24, 2.45) is 0 Å². The highest BCUT2D eigenvalue weighted by atomic mass is 16.5. The van der Waals surface area contributed by atoms with Crippen molar-refractivity contribution in [2.75, 3.05) is 32.8 Å². The van der Waals surface area contributed by atoms with Crippen LogP contribution in [0.3, 0.4) is 0 Å². The van der Waals surface area contributed by atoms with E-state index < -0.39 is 0 Å². The molecule has 0 amide bonds. The minimum absolute atomic E-state index is 0.510. The maximum absolute atomic E-state index is 5.83. The van der Waals surface area contributed by atoms with Crippen molar-refractivity contribution in [2.45, 2.75) is 51.2 Å². The van der Waals surface area contributed by atoms with Gasteiger partial charge in [-0.05, 0) is 45.2 Å². The largest absolute Gasteiger partial charge is 0.377 e. The first kappa shape index (κ1) is 12.3. The Morgan fingerprint density at radius 3 is 2.94 bits per heavy atom. The summed E-state index contributed by atoms with van der Waals surface area (Å²) in [5.74, 6) is 0. The Kier molecular flexibility index (Phi) is 5.07. The molecule has 2 unspecified atom stereocenters. The summed E-state index contributed by atoms with van der Waals surface area (Å²) in [7, 11) is 0. The number of ether oxygens (including phenoxy) is 1. The van der Waals surface area contributed by atoms with E-state index in [0.29, 0.717) is 6.10 Å². The van der Waals surface area contributed by atoms with E-state index in [1.54, 1.807) is 0 Å². The molecule has 2 rings (SSSR count). The monoisotopic (exact) mass is 226 g/mol. The van der Waals surface area contributed by atoms with Crippen molar-refractivity contribution in [3.05, 3.63) is 0 Å². The molecule has 0 aromatic rings. The highest BCUT2D eigenvalue weighted by molar-refractivity contribution is 4.83. The summed E-state index contributed by atoms with van der Waals surface area (Å²) in [6.45, 7) is 7.85. The van der Waals surface area contributed by atoms with Gasteiger partial charge < -0.3 is 10.1 Å². The number of nitrogens with zero attached hydrogens (tertiary/aromatic N) is 1. The van der Waals surface area contributed by atoms with Crippen LogP contribution in [-0.2, 0) is 4.74 Å². The summed E-state index contributed by atoms with van der Waals surface area (Å²) in [6, 6.07) is 0.755. The molecule has 2 aliphatic heterocycles. The highest BCUT2D eigenvalue weighted by Crippen LogP contribution is 2.20. The predicted octanol–water partition coefficient (Wildman–Crippen LogP) is 1.63. The zero-order valence-electron chi connectivity index (χ0n) is 10.6. The molecular formula is C13H26N2O. The molecule has 0 saturated carbocycles. The lowest BCUT2D eigenvalue weighted by Crippen LogP contribution is -2.43. The van der Waals surface area contributed by atoms with Gasteiger partial charge in [0.05, 0.1) is 6.10 Å².